The molecular weight excluding hydrogens is 476 g/mol. The first kappa shape index (κ1) is 26.0. The average molecular weight is 515 g/mol. The Morgan fingerprint density at radius 1 is 1.03 bits per heavy atom. The Morgan fingerprint density at radius 2 is 1.87 bits per heavy atom. The minimum atomic E-state index is -0.168. The molecule has 0 saturated heterocycles. The molecule has 7 nitrogen and oxygen atoms in total. The van der Waals surface area contributed by atoms with Crippen LogP contribution in [0, 0.1) is 0 Å². The minimum Gasteiger partial charge on any atom is -0.451 e. The highest BCUT2D eigenvalue weighted by molar-refractivity contribution is 6.07. The number of anilines is 2. The first-order valence-corrected chi connectivity index (χ1v) is 14.2. The van der Waals surface area contributed by atoms with E-state index in [1.54, 1.807) is 11.0 Å². The van der Waals surface area contributed by atoms with Gasteiger partial charge < -0.3 is 19.5 Å². The van der Waals surface area contributed by atoms with Crippen LogP contribution in [0.1, 0.15) is 85.4 Å². The number of furan rings is 1. The molecule has 2 aliphatic rings. The van der Waals surface area contributed by atoms with E-state index in [0.29, 0.717) is 30.2 Å². The molecule has 0 bridgehead atoms. The number of nitrogens with one attached hydrogen (secondary N) is 1. The first-order chi connectivity index (χ1) is 18.6. The summed E-state index contributed by atoms with van der Waals surface area (Å²) in [6, 6.07) is 15.6. The maximum atomic E-state index is 13.9. The number of para-hydroxylation sites is 1. The Bertz CT molecular complexity index is 1280. The molecule has 0 atom stereocenters. The lowest BCUT2D eigenvalue weighted by molar-refractivity contribution is 0.0923. The molecule has 3 heterocycles. The van der Waals surface area contributed by atoms with Gasteiger partial charge in [0, 0.05) is 36.8 Å². The zero-order chi connectivity index (χ0) is 26.5. The van der Waals surface area contributed by atoms with Crippen LogP contribution in [0.5, 0.6) is 0 Å². The van der Waals surface area contributed by atoms with Gasteiger partial charge in [0.15, 0.2) is 5.76 Å². The van der Waals surface area contributed by atoms with Crippen LogP contribution in [0.25, 0.3) is 11.3 Å². The molecule has 1 N–H and O–H groups in total. The number of amides is 2. The third-order valence-corrected chi connectivity index (χ3v) is 7.29. The van der Waals surface area contributed by atoms with Crippen LogP contribution >= 0.6 is 0 Å². The van der Waals surface area contributed by atoms with Crippen LogP contribution in [0.4, 0.5) is 11.5 Å². The van der Waals surface area contributed by atoms with Crippen LogP contribution in [-0.4, -0.2) is 42.5 Å². The predicted octanol–water partition coefficient (Wildman–Crippen LogP) is 6.23. The summed E-state index contributed by atoms with van der Waals surface area (Å²) in [5, 5.41) is 3.00. The molecule has 38 heavy (non-hydrogen) atoms. The van der Waals surface area contributed by atoms with Crippen molar-refractivity contribution >= 4 is 23.3 Å². The summed E-state index contributed by atoms with van der Waals surface area (Å²) in [6.45, 7) is 6.74. The second-order valence-electron chi connectivity index (χ2n) is 10.4. The molecule has 0 radical (unpaired) electrons. The summed E-state index contributed by atoms with van der Waals surface area (Å²) in [7, 11) is 0. The summed E-state index contributed by atoms with van der Waals surface area (Å²) in [5.74, 6) is 1.56. The fourth-order valence-corrected chi connectivity index (χ4v) is 5.10. The van der Waals surface area contributed by atoms with E-state index in [0.717, 1.165) is 61.4 Å². The standard InChI is InChI=1S/C31H38N4O3/c1-3-5-6-9-19-34(18-4-2)28-14-10-12-25(33-28)31(37)35-20-17-22-21-27(30(36)32-23-15-16-23)38-29(22)24-11-7-8-13-26(24)35/h7-8,10-14,21,23H,3-6,9,15-20H2,1-2H3,(H,32,36). The van der Waals surface area contributed by atoms with Crippen molar-refractivity contribution in [2.45, 2.75) is 71.3 Å². The Balaban J connectivity index is 1.39. The van der Waals surface area contributed by atoms with E-state index < -0.39 is 0 Å². The number of fused-ring (bicyclic) bond motifs is 3. The average Bonchev–Trinajstić information content (AvgIpc) is 3.68. The second-order valence-corrected chi connectivity index (χ2v) is 10.4. The zero-order valence-electron chi connectivity index (χ0n) is 22.5. The highest BCUT2D eigenvalue weighted by atomic mass is 16.4. The van der Waals surface area contributed by atoms with Gasteiger partial charge in [-0.05, 0) is 62.4 Å². The van der Waals surface area contributed by atoms with Crippen molar-refractivity contribution in [3.63, 3.8) is 0 Å². The molecule has 3 aromatic rings. The van der Waals surface area contributed by atoms with Gasteiger partial charge in [0.2, 0.25) is 0 Å². The van der Waals surface area contributed by atoms with E-state index in [2.05, 4.69) is 24.1 Å². The minimum absolute atomic E-state index is 0.126. The number of unbranched alkanes of at least 4 members (excludes halogenated alkanes) is 3. The van der Waals surface area contributed by atoms with Crippen molar-refractivity contribution in [3.05, 3.63) is 65.5 Å². The van der Waals surface area contributed by atoms with Crippen molar-refractivity contribution in [1.82, 2.24) is 10.3 Å². The topological polar surface area (TPSA) is 78.7 Å². The van der Waals surface area contributed by atoms with Gasteiger partial charge in [0.1, 0.15) is 17.3 Å². The monoisotopic (exact) mass is 514 g/mol. The Morgan fingerprint density at radius 3 is 2.66 bits per heavy atom. The van der Waals surface area contributed by atoms with Gasteiger partial charge >= 0.3 is 0 Å². The molecule has 200 valence electrons. The quantitative estimate of drug-likeness (QED) is 0.307. The van der Waals surface area contributed by atoms with Crippen molar-refractivity contribution in [3.8, 4) is 11.3 Å². The lowest BCUT2D eigenvalue weighted by atomic mass is 10.1. The molecule has 5 rings (SSSR count). The molecule has 0 unspecified atom stereocenters. The number of aromatic nitrogens is 1. The Labute approximate surface area is 225 Å². The van der Waals surface area contributed by atoms with E-state index in [1.165, 1.54) is 19.3 Å². The molecule has 2 aromatic heterocycles. The fraction of sp³-hybridized carbons (Fsp3) is 0.452. The number of hydrogen-bond acceptors (Lipinski definition) is 5. The lowest BCUT2D eigenvalue weighted by Crippen LogP contribution is -2.34. The van der Waals surface area contributed by atoms with Crippen molar-refractivity contribution in [2.24, 2.45) is 0 Å². The Kier molecular flexibility index (Phi) is 8.11. The zero-order valence-corrected chi connectivity index (χ0v) is 22.5. The van der Waals surface area contributed by atoms with E-state index in [9.17, 15) is 9.59 Å². The lowest BCUT2D eigenvalue weighted by Gasteiger charge is -2.25. The van der Waals surface area contributed by atoms with Crippen molar-refractivity contribution < 1.29 is 14.0 Å². The van der Waals surface area contributed by atoms with Crippen molar-refractivity contribution in [1.29, 1.82) is 0 Å². The largest absolute Gasteiger partial charge is 0.451 e. The number of pyridine rings is 1. The van der Waals surface area contributed by atoms with Gasteiger partial charge in [-0.2, -0.15) is 0 Å². The van der Waals surface area contributed by atoms with E-state index in [1.807, 2.05) is 42.5 Å². The fourth-order valence-electron chi connectivity index (χ4n) is 5.10. The van der Waals surface area contributed by atoms with E-state index in [-0.39, 0.29) is 17.9 Å². The number of nitrogens with zero attached hydrogens (tertiary/aromatic N) is 3. The molecule has 1 saturated carbocycles. The van der Waals surface area contributed by atoms with E-state index >= 15 is 0 Å². The summed E-state index contributed by atoms with van der Waals surface area (Å²) in [5.41, 5.74) is 2.97. The number of carbonyl (C=O) groups is 2. The molecule has 1 aliphatic heterocycles. The summed E-state index contributed by atoms with van der Waals surface area (Å²) >= 11 is 0. The number of rotatable bonds is 11. The van der Waals surface area contributed by atoms with Gasteiger partial charge in [-0.1, -0.05) is 51.3 Å². The number of benzene rings is 1. The van der Waals surface area contributed by atoms with Crippen LogP contribution < -0.4 is 15.1 Å². The SMILES string of the molecule is CCCCCCN(CCC)c1cccc(C(=O)N2CCc3cc(C(=O)NC4CC4)oc3-c3ccccc32)n1. The molecule has 1 aromatic carbocycles. The first-order valence-electron chi connectivity index (χ1n) is 14.2. The van der Waals surface area contributed by atoms with E-state index in [4.69, 9.17) is 9.40 Å². The molecular formula is C31H38N4O3. The molecule has 1 fully saturated rings. The van der Waals surface area contributed by atoms with Gasteiger partial charge in [-0.3, -0.25) is 9.59 Å². The molecule has 2 amide bonds. The van der Waals surface area contributed by atoms with Gasteiger partial charge in [0.05, 0.1) is 5.69 Å². The number of carbonyl (C=O) groups excluding carboxylic acids is 2. The number of hydrogen-bond donors (Lipinski definition) is 1. The van der Waals surface area contributed by atoms with Crippen molar-refractivity contribution in [2.75, 3.05) is 29.4 Å². The van der Waals surface area contributed by atoms with Crippen LogP contribution in [0.3, 0.4) is 0 Å². The maximum absolute atomic E-state index is 13.9. The molecule has 0 spiro atoms. The van der Waals surface area contributed by atoms with Gasteiger partial charge in [-0.15, -0.1) is 0 Å². The molecule has 1 aliphatic carbocycles. The summed E-state index contributed by atoms with van der Waals surface area (Å²) in [6.07, 6.45) is 8.45. The van der Waals surface area contributed by atoms with Gasteiger partial charge in [0.25, 0.3) is 11.8 Å². The van der Waals surface area contributed by atoms with Gasteiger partial charge in [-0.25, -0.2) is 4.98 Å². The third-order valence-electron chi connectivity index (χ3n) is 7.29. The predicted molar refractivity (Wildman–Crippen MR) is 151 cm³/mol. The summed E-state index contributed by atoms with van der Waals surface area (Å²) < 4.78 is 6.10. The van der Waals surface area contributed by atoms with Crippen LogP contribution in [0.15, 0.2) is 52.9 Å². The van der Waals surface area contributed by atoms with Crippen LogP contribution in [-0.2, 0) is 6.42 Å². The highest BCUT2D eigenvalue weighted by Crippen LogP contribution is 2.39. The molecule has 7 heteroatoms. The third kappa shape index (κ3) is 5.77. The second kappa shape index (κ2) is 11.8. The highest BCUT2D eigenvalue weighted by Gasteiger charge is 2.31. The maximum Gasteiger partial charge on any atom is 0.287 e. The normalized spacial score (nSPS) is 14.4. The smallest absolute Gasteiger partial charge is 0.287 e. The van der Waals surface area contributed by atoms with Crippen LogP contribution in [0.2, 0.25) is 0 Å². The summed E-state index contributed by atoms with van der Waals surface area (Å²) in [4.78, 5) is 35.4. The Hall–Kier alpha value is -3.61.